The van der Waals surface area contributed by atoms with E-state index in [1.807, 2.05) is 48.5 Å². The van der Waals surface area contributed by atoms with Crippen molar-refractivity contribution >= 4 is 23.2 Å². The molecule has 1 aliphatic heterocycles. The second kappa shape index (κ2) is 8.15. The number of carbonyl (C=O) groups is 1. The molecule has 5 heteroatoms. The fourth-order valence-electron chi connectivity index (χ4n) is 2.62. The van der Waals surface area contributed by atoms with Crippen molar-refractivity contribution in [1.29, 1.82) is 0 Å². The molecule has 1 amide bonds. The van der Waals surface area contributed by atoms with Crippen molar-refractivity contribution in [3.8, 4) is 11.5 Å². The first-order valence-corrected chi connectivity index (χ1v) is 9.13. The van der Waals surface area contributed by atoms with Gasteiger partial charge in [0.1, 0.15) is 18.1 Å². The van der Waals surface area contributed by atoms with Crippen LogP contribution >= 0.6 is 11.8 Å². The van der Waals surface area contributed by atoms with Crippen LogP contribution in [0.1, 0.15) is 11.1 Å². The number of benzene rings is 2. The third-order valence-electron chi connectivity index (χ3n) is 4.10. The van der Waals surface area contributed by atoms with E-state index in [0.29, 0.717) is 13.0 Å². The summed E-state index contributed by atoms with van der Waals surface area (Å²) in [4.78, 5) is 11.8. The Kier molecular flexibility index (Phi) is 5.68. The Labute approximate surface area is 157 Å². The maximum atomic E-state index is 11.8. The van der Waals surface area contributed by atoms with Gasteiger partial charge in [0, 0.05) is 0 Å². The SMILES string of the molecule is C=C1NC(=O)C(Cc2ccc(OCC(=C)c3ccc(OC)cc3)cc2)S1. The van der Waals surface area contributed by atoms with Gasteiger partial charge < -0.3 is 14.8 Å². The predicted octanol–water partition coefficient (Wildman–Crippen LogP) is 4.03. The summed E-state index contributed by atoms with van der Waals surface area (Å²) in [5.74, 6) is 1.61. The number of methoxy groups -OCH3 is 1. The Morgan fingerprint density at radius 3 is 2.35 bits per heavy atom. The lowest BCUT2D eigenvalue weighted by molar-refractivity contribution is -0.119. The number of thioether (sulfide) groups is 1. The summed E-state index contributed by atoms with van der Waals surface area (Å²) in [5, 5.41) is 3.35. The fraction of sp³-hybridized carbons (Fsp3) is 0.190. The Morgan fingerprint density at radius 2 is 1.77 bits per heavy atom. The van der Waals surface area contributed by atoms with Crippen LogP contribution in [0.2, 0.25) is 0 Å². The largest absolute Gasteiger partial charge is 0.497 e. The molecule has 1 unspecified atom stereocenters. The number of hydrogen-bond donors (Lipinski definition) is 1. The molecule has 2 aromatic rings. The smallest absolute Gasteiger partial charge is 0.238 e. The van der Waals surface area contributed by atoms with E-state index in [1.54, 1.807) is 7.11 Å². The van der Waals surface area contributed by atoms with E-state index in [0.717, 1.165) is 33.2 Å². The predicted molar refractivity (Wildman–Crippen MR) is 106 cm³/mol. The summed E-state index contributed by atoms with van der Waals surface area (Å²) < 4.78 is 11.0. The molecule has 0 saturated carbocycles. The molecule has 0 aromatic heterocycles. The molecule has 1 aliphatic rings. The molecule has 0 aliphatic carbocycles. The maximum absolute atomic E-state index is 11.8. The van der Waals surface area contributed by atoms with Crippen LogP contribution in [0.5, 0.6) is 11.5 Å². The van der Waals surface area contributed by atoms with Crippen LogP contribution in [0.15, 0.2) is 66.7 Å². The number of hydrogen-bond acceptors (Lipinski definition) is 4. The van der Waals surface area contributed by atoms with E-state index in [4.69, 9.17) is 9.47 Å². The molecule has 0 bridgehead atoms. The van der Waals surface area contributed by atoms with Crippen LogP contribution in [0.3, 0.4) is 0 Å². The molecular formula is C21H21NO3S. The molecule has 0 radical (unpaired) electrons. The Bertz CT molecular complexity index is 812. The monoisotopic (exact) mass is 367 g/mol. The average molecular weight is 367 g/mol. The minimum atomic E-state index is -0.107. The topological polar surface area (TPSA) is 47.6 Å². The Morgan fingerprint density at radius 1 is 1.12 bits per heavy atom. The summed E-state index contributed by atoms with van der Waals surface area (Å²) in [5.41, 5.74) is 3.01. The fourth-order valence-corrected chi connectivity index (χ4v) is 3.57. The van der Waals surface area contributed by atoms with Gasteiger partial charge in [-0.15, -0.1) is 0 Å². The lowest BCUT2D eigenvalue weighted by Gasteiger charge is -2.11. The first kappa shape index (κ1) is 18.1. The first-order valence-electron chi connectivity index (χ1n) is 8.25. The van der Waals surface area contributed by atoms with Crippen molar-refractivity contribution in [3.05, 3.63) is 77.8 Å². The first-order chi connectivity index (χ1) is 12.5. The molecule has 3 rings (SSSR count). The molecule has 1 heterocycles. The van der Waals surface area contributed by atoms with Crippen molar-refractivity contribution in [3.63, 3.8) is 0 Å². The van der Waals surface area contributed by atoms with Crippen molar-refractivity contribution < 1.29 is 14.3 Å². The standard InChI is InChI=1S/C21H21NO3S/c1-14(17-6-10-18(24-3)11-7-17)13-25-19-8-4-16(5-9-19)12-20-21(23)22-15(2)26-20/h4-11,20H,1-2,12-13H2,3H3,(H,22,23). The number of rotatable bonds is 7. The van der Waals surface area contributed by atoms with Crippen LogP contribution in [0.4, 0.5) is 0 Å². The van der Waals surface area contributed by atoms with Crippen molar-refractivity contribution in [2.24, 2.45) is 0 Å². The summed E-state index contributed by atoms with van der Waals surface area (Å²) in [7, 11) is 1.64. The van der Waals surface area contributed by atoms with Gasteiger partial charge in [0.15, 0.2) is 0 Å². The van der Waals surface area contributed by atoms with Gasteiger partial charge in [-0.05, 0) is 47.4 Å². The minimum absolute atomic E-state index is 0.0242. The zero-order valence-corrected chi connectivity index (χ0v) is 15.5. The molecule has 4 nitrogen and oxygen atoms in total. The second-order valence-corrected chi connectivity index (χ2v) is 7.29. The number of ether oxygens (including phenoxy) is 2. The molecule has 1 saturated heterocycles. The summed E-state index contributed by atoms with van der Waals surface area (Å²) in [6.45, 7) is 8.27. The normalized spacial score (nSPS) is 16.3. The highest BCUT2D eigenvalue weighted by atomic mass is 32.2. The number of amides is 1. The van der Waals surface area contributed by atoms with Crippen LogP contribution in [-0.2, 0) is 11.2 Å². The van der Waals surface area contributed by atoms with Gasteiger partial charge in [-0.25, -0.2) is 0 Å². The van der Waals surface area contributed by atoms with Crippen LogP contribution in [0, 0.1) is 0 Å². The zero-order valence-electron chi connectivity index (χ0n) is 14.7. The molecule has 0 spiro atoms. The Hall–Kier alpha value is -2.66. The Balaban J connectivity index is 1.53. The van der Waals surface area contributed by atoms with Crippen LogP contribution in [-0.4, -0.2) is 24.9 Å². The lowest BCUT2D eigenvalue weighted by atomic mass is 10.1. The molecule has 134 valence electrons. The van der Waals surface area contributed by atoms with Crippen LogP contribution < -0.4 is 14.8 Å². The van der Waals surface area contributed by atoms with Gasteiger partial charge in [0.05, 0.1) is 17.4 Å². The van der Waals surface area contributed by atoms with Gasteiger partial charge in [-0.2, -0.15) is 0 Å². The third kappa shape index (κ3) is 4.49. The van der Waals surface area contributed by atoms with E-state index in [1.165, 1.54) is 11.8 Å². The molecule has 2 aromatic carbocycles. The highest BCUT2D eigenvalue weighted by Crippen LogP contribution is 2.28. The van der Waals surface area contributed by atoms with E-state index in [-0.39, 0.29) is 11.2 Å². The molecule has 1 N–H and O–H groups in total. The second-order valence-electron chi connectivity index (χ2n) is 5.99. The van der Waals surface area contributed by atoms with E-state index in [9.17, 15) is 4.79 Å². The van der Waals surface area contributed by atoms with E-state index in [2.05, 4.69) is 18.5 Å². The molecule has 26 heavy (non-hydrogen) atoms. The van der Waals surface area contributed by atoms with Crippen molar-refractivity contribution in [2.45, 2.75) is 11.7 Å². The van der Waals surface area contributed by atoms with Gasteiger partial charge in [-0.1, -0.05) is 49.2 Å². The van der Waals surface area contributed by atoms with Crippen molar-refractivity contribution in [1.82, 2.24) is 5.32 Å². The third-order valence-corrected chi connectivity index (χ3v) is 5.15. The maximum Gasteiger partial charge on any atom is 0.238 e. The summed E-state index contributed by atoms with van der Waals surface area (Å²) >= 11 is 1.48. The van der Waals surface area contributed by atoms with Gasteiger partial charge >= 0.3 is 0 Å². The average Bonchev–Trinajstić information content (AvgIpc) is 2.98. The van der Waals surface area contributed by atoms with E-state index < -0.39 is 0 Å². The molecular weight excluding hydrogens is 346 g/mol. The van der Waals surface area contributed by atoms with Gasteiger partial charge in [-0.3, -0.25) is 4.79 Å². The number of carbonyl (C=O) groups excluding carboxylic acids is 1. The summed E-state index contributed by atoms with van der Waals surface area (Å²) in [6.07, 6.45) is 0.675. The van der Waals surface area contributed by atoms with Gasteiger partial charge in [0.25, 0.3) is 0 Å². The number of nitrogens with one attached hydrogen (secondary N) is 1. The highest BCUT2D eigenvalue weighted by Gasteiger charge is 2.27. The van der Waals surface area contributed by atoms with Crippen molar-refractivity contribution in [2.75, 3.05) is 13.7 Å². The van der Waals surface area contributed by atoms with Gasteiger partial charge in [0.2, 0.25) is 5.91 Å². The van der Waals surface area contributed by atoms with E-state index >= 15 is 0 Å². The zero-order chi connectivity index (χ0) is 18.5. The molecule has 1 fully saturated rings. The molecule has 1 atom stereocenters. The van der Waals surface area contributed by atoms with Crippen LogP contribution in [0.25, 0.3) is 5.57 Å². The minimum Gasteiger partial charge on any atom is -0.497 e. The quantitative estimate of drug-likeness (QED) is 0.803. The summed E-state index contributed by atoms with van der Waals surface area (Å²) in [6, 6.07) is 15.5. The highest BCUT2D eigenvalue weighted by molar-refractivity contribution is 8.04. The lowest BCUT2D eigenvalue weighted by Crippen LogP contribution is -2.23.